The van der Waals surface area contributed by atoms with Gasteiger partial charge in [-0.1, -0.05) is 47.0 Å². The Morgan fingerprint density at radius 2 is 1.77 bits per heavy atom. The molecule has 0 spiro atoms. The average molecular weight is 533 g/mol. The van der Waals surface area contributed by atoms with Gasteiger partial charge in [0.1, 0.15) is 17.9 Å². The van der Waals surface area contributed by atoms with Gasteiger partial charge in [0.05, 0.1) is 16.6 Å². The largest absolute Gasteiger partial charge is 0.487 e. The lowest BCUT2D eigenvalue weighted by molar-refractivity contribution is -0.120. The highest BCUT2D eigenvalue weighted by atomic mass is 35.5. The first-order valence-electron chi connectivity index (χ1n) is 11.1. The van der Waals surface area contributed by atoms with E-state index in [1.54, 1.807) is 18.2 Å². The van der Waals surface area contributed by atoms with E-state index in [2.05, 4.69) is 5.32 Å². The van der Waals surface area contributed by atoms with Crippen LogP contribution in [0.3, 0.4) is 0 Å². The number of carbonyl (C=O) groups excluding carboxylic acids is 1. The van der Waals surface area contributed by atoms with Crippen molar-refractivity contribution >= 4 is 44.8 Å². The number of ether oxygens (including phenoxy) is 1. The molecule has 1 aliphatic rings. The number of sulfonamides is 1. The second kappa shape index (κ2) is 9.72. The van der Waals surface area contributed by atoms with E-state index in [0.29, 0.717) is 22.2 Å². The Hall–Kier alpha value is -2.74. The van der Waals surface area contributed by atoms with Gasteiger partial charge >= 0.3 is 0 Å². The molecule has 0 fully saturated rings. The van der Waals surface area contributed by atoms with Crippen LogP contribution in [0.1, 0.15) is 37.4 Å². The van der Waals surface area contributed by atoms with Gasteiger partial charge in [-0.15, -0.1) is 0 Å². The lowest BCUT2D eigenvalue weighted by Gasteiger charge is -2.38. The minimum absolute atomic E-state index is 0.0165. The van der Waals surface area contributed by atoms with Crippen molar-refractivity contribution < 1.29 is 17.9 Å². The number of aryl methyl sites for hydroxylation is 1. The first-order valence-corrected chi connectivity index (χ1v) is 13.3. The lowest BCUT2D eigenvalue weighted by atomic mass is 9.89. The summed E-state index contributed by atoms with van der Waals surface area (Å²) in [5.41, 5.74) is 1.69. The molecule has 0 aromatic heterocycles. The SMILES string of the molecule is Cc1ccc2c(c1)C(NC(=O)CN(c1cccc(Cl)c1)S(=O)(=O)c1ccc(Cl)cc1)CC(C)(C)O2. The molecule has 0 aliphatic carbocycles. The average Bonchev–Trinajstić information content (AvgIpc) is 2.77. The van der Waals surface area contributed by atoms with Crippen molar-refractivity contribution in [3.8, 4) is 5.75 Å². The number of anilines is 1. The molecule has 1 atom stereocenters. The van der Waals surface area contributed by atoms with Crippen LogP contribution in [0.25, 0.3) is 0 Å². The molecule has 0 saturated carbocycles. The molecule has 1 amide bonds. The summed E-state index contributed by atoms with van der Waals surface area (Å²) in [5, 5.41) is 3.79. The third-order valence-electron chi connectivity index (χ3n) is 5.74. The van der Waals surface area contributed by atoms with Gasteiger partial charge in [0.25, 0.3) is 10.0 Å². The number of benzene rings is 3. The zero-order chi connectivity index (χ0) is 25.4. The number of nitrogens with one attached hydrogen (secondary N) is 1. The maximum Gasteiger partial charge on any atom is 0.264 e. The van der Waals surface area contributed by atoms with Crippen LogP contribution >= 0.6 is 23.2 Å². The first kappa shape index (κ1) is 25.4. The van der Waals surface area contributed by atoms with Gasteiger partial charge in [0.2, 0.25) is 5.91 Å². The van der Waals surface area contributed by atoms with E-state index in [1.165, 1.54) is 30.3 Å². The summed E-state index contributed by atoms with van der Waals surface area (Å²) in [6.45, 7) is 5.46. The molecule has 3 aromatic carbocycles. The van der Waals surface area contributed by atoms with Gasteiger partial charge in [-0.25, -0.2) is 8.42 Å². The summed E-state index contributed by atoms with van der Waals surface area (Å²) in [5.74, 6) is 0.260. The Morgan fingerprint density at radius 3 is 2.46 bits per heavy atom. The Bertz CT molecular complexity index is 1360. The number of rotatable bonds is 6. The second-order valence-electron chi connectivity index (χ2n) is 9.17. The molecule has 1 N–H and O–H groups in total. The fourth-order valence-electron chi connectivity index (χ4n) is 4.15. The standard InChI is InChI=1S/C26H26Cl2N2O4S/c1-17-7-12-24-22(13-17)23(15-26(2,3)34-24)29-25(31)16-30(20-6-4-5-19(28)14-20)35(32,33)21-10-8-18(27)9-11-21/h4-14,23H,15-16H2,1-3H3,(H,29,31). The molecular weight excluding hydrogens is 507 g/mol. The van der Waals surface area contributed by atoms with Gasteiger partial charge in [0.15, 0.2) is 0 Å². The van der Waals surface area contributed by atoms with Crippen LogP contribution in [0.2, 0.25) is 10.0 Å². The van der Waals surface area contributed by atoms with Crippen molar-refractivity contribution in [2.24, 2.45) is 0 Å². The molecule has 0 saturated heterocycles. The van der Waals surface area contributed by atoms with Crippen molar-refractivity contribution in [2.45, 2.75) is 43.7 Å². The molecule has 1 aliphatic heterocycles. The van der Waals surface area contributed by atoms with Gasteiger partial charge in [-0.05, 0) is 69.3 Å². The molecule has 1 heterocycles. The number of fused-ring (bicyclic) bond motifs is 1. The minimum Gasteiger partial charge on any atom is -0.487 e. The van der Waals surface area contributed by atoms with Crippen molar-refractivity contribution in [1.29, 1.82) is 0 Å². The van der Waals surface area contributed by atoms with Gasteiger partial charge in [-0.2, -0.15) is 0 Å². The topological polar surface area (TPSA) is 75.7 Å². The summed E-state index contributed by atoms with van der Waals surface area (Å²) in [6, 6.07) is 17.7. The van der Waals surface area contributed by atoms with Crippen LogP contribution < -0.4 is 14.4 Å². The van der Waals surface area contributed by atoms with Gasteiger partial charge in [0, 0.05) is 22.0 Å². The Kier molecular flexibility index (Phi) is 7.04. The summed E-state index contributed by atoms with van der Waals surface area (Å²) < 4.78 is 34.3. The number of hydrogen-bond acceptors (Lipinski definition) is 4. The summed E-state index contributed by atoms with van der Waals surface area (Å²) >= 11 is 12.1. The summed E-state index contributed by atoms with van der Waals surface area (Å²) in [4.78, 5) is 13.3. The van der Waals surface area contributed by atoms with Crippen LogP contribution in [0, 0.1) is 6.92 Å². The van der Waals surface area contributed by atoms with E-state index in [4.69, 9.17) is 27.9 Å². The molecule has 0 bridgehead atoms. The maximum absolute atomic E-state index is 13.6. The smallest absolute Gasteiger partial charge is 0.264 e. The highest BCUT2D eigenvalue weighted by Gasteiger charge is 2.35. The Labute approximate surface area is 215 Å². The highest BCUT2D eigenvalue weighted by Crippen LogP contribution is 2.40. The summed E-state index contributed by atoms with van der Waals surface area (Å²) in [6.07, 6.45) is 0.538. The van der Waals surface area contributed by atoms with Crippen LogP contribution in [0.5, 0.6) is 5.75 Å². The lowest BCUT2D eigenvalue weighted by Crippen LogP contribution is -2.45. The zero-order valence-electron chi connectivity index (χ0n) is 19.6. The molecule has 9 heteroatoms. The third kappa shape index (κ3) is 5.74. The van der Waals surface area contributed by atoms with E-state index < -0.39 is 28.1 Å². The predicted molar refractivity (Wildman–Crippen MR) is 139 cm³/mol. The number of carbonyl (C=O) groups is 1. The van der Waals surface area contributed by atoms with Crippen LogP contribution in [-0.2, 0) is 14.8 Å². The van der Waals surface area contributed by atoms with E-state index in [-0.39, 0.29) is 16.6 Å². The summed E-state index contributed by atoms with van der Waals surface area (Å²) in [7, 11) is -4.08. The van der Waals surface area contributed by atoms with Gasteiger partial charge in [-0.3, -0.25) is 9.10 Å². The van der Waals surface area contributed by atoms with Crippen LogP contribution in [0.15, 0.2) is 71.6 Å². The molecule has 1 unspecified atom stereocenters. The Balaban J connectivity index is 1.66. The molecule has 184 valence electrons. The normalized spacial score (nSPS) is 16.7. The molecule has 4 rings (SSSR count). The molecule has 3 aromatic rings. The van der Waals surface area contributed by atoms with Crippen LogP contribution in [-0.4, -0.2) is 26.5 Å². The molecule has 0 radical (unpaired) electrons. The monoisotopic (exact) mass is 532 g/mol. The number of nitrogens with zero attached hydrogens (tertiary/aromatic N) is 1. The van der Waals surface area contributed by atoms with Crippen molar-refractivity contribution in [1.82, 2.24) is 5.32 Å². The van der Waals surface area contributed by atoms with Crippen molar-refractivity contribution in [3.63, 3.8) is 0 Å². The molecule has 35 heavy (non-hydrogen) atoms. The first-order chi connectivity index (χ1) is 16.4. The fourth-order valence-corrected chi connectivity index (χ4v) is 5.88. The quantitative estimate of drug-likeness (QED) is 0.427. The van der Waals surface area contributed by atoms with E-state index in [1.807, 2.05) is 39.0 Å². The zero-order valence-corrected chi connectivity index (χ0v) is 21.9. The Morgan fingerprint density at radius 1 is 1.06 bits per heavy atom. The minimum atomic E-state index is -4.08. The van der Waals surface area contributed by atoms with Gasteiger partial charge < -0.3 is 10.1 Å². The highest BCUT2D eigenvalue weighted by molar-refractivity contribution is 7.92. The van der Waals surface area contributed by atoms with Crippen molar-refractivity contribution in [3.05, 3.63) is 87.9 Å². The van der Waals surface area contributed by atoms with Crippen LogP contribution in [0.4, 0.5) is 5.69 Å². The number of hydrogen-bond donors (Lipinski definition) is 1. The molecular formula is C26H26Cl2N2O4S. The van der Waals surface area contributed by atoms with E-state index in [9.17, 15) is 13.2 Å². The van der Waals surface area contributed by atoms with E-state index >= 15 is 0 Å². The maximum atomic E-state index is 13.6. The predicted octanol–water partition coefficient (Wildman–Crippen LogP) is 5.92. The number of amides is 1. The second-order valence-corrected chi connectivity index (χ2v) is 11.9. The fraction of sp³-hybridized carbons (Fsp3) is 0.269. The number of halogens is 2. The van der Waals surface area contributed by atoms with E-state index in [0.717, 1.165) is 15.4 Å². The third-order valence-corrected chi connectivity index (χ3v) is 8.02. The van der Waals surface area contributed by atoms with Crippen molar-refractivity contribution in [2.75, 3.05) is 10.8 Å². The molecule has 6 nitrogen and oxygen atoms in total.